The van der Waals surface area contributed by atoms with Crippen molar-refractivity contribution in [1.29, 1.82) is 0 Å². The molecular formula is C8H8Cl2F3NO3S. The molecule has 0 aromatic rings. The molecule has 0 aliphatic heterocycles. The highest BCUT2D eigenvalue weighted by Gasteiger charge is 2.35. The Hall–Kier alpha value is -0.600. The van der Waals surface area contributed by atoms with E-state index in [4.69, 9.17) is 28.3 Å². The Balaban J connectivity index is 4.63. The summed E-state index contributed by atoms with van der Waals surface area (Å²) in [6.45, 7) is 1.08. The standard InChI is InChI=1S/C8H8Cl2F3NO3S/c1-3(15)14-4(7(16)17)2-18-6(10)5(9)8(11,12)13/h4H,2H2,1H3,(H,14,15)(H,16,17)/t4-/m0/s1. The molecule has 104 valence electrons. The van der Waals surface area contributed by atoms with Gasteiger partial charge in [0.2, 0.25) is 5.91 Å². The van der Waals surface area contributed by atoms with E-state index in [0.717, 1.165) is 6.92 Å². The van der Waals surface area contributed by atoms with Gasteiger partial charge in [-0.1, -0.05) is 23.2 Å². The Labute approximate surface area is 114 Å². The highest BCUT2D eigenvalue weighted by atomic mass is 35.5. The van der Waals surface area contributed by atoms with E-state index in [1.807, 2.05) is 5.32 Å². The van der Waals surface area contributed by atoms with Crippen LogP contribution >= 0.6 is 35.0 Å². The van der Waals surface area contributed by atoms with Crippen molar-refractivity contribution in [1.82, 2.24) is 5.32 Å². The molecule has 0 aromatic heterocycles. The van der Waals surface area contributed by atoms with Crippen molar-refractivity contribution in [2.45, 2.75) is 19.1 Å². The second kappa shape index (κ2) is 7.10. The first-order valence-electron chi connectivity index (χ1n) is 4.31. The van der Waals surface area contributed by atoms with Gasteiger partial charge in [0.25, 0.3) is 0 Å². The number of rotatable bonds is 5. The molecule has 0 aliphatic carbocycles. The molecule has 0 radical (unpaired) electrons. The van der Waals surface area contributed by atoms with Crippen molar-refractivity contribution in [3.05, 3.63) is 9.40 Å². The van der Waals surface area contributed by atoms with Crippen LogP contribution in [0.5, 0.6) is 0 Å². The van der Waals surface area contributed by atoms with Crippen LogP contribution in [-0.4, -0.2) is 35.0 Å². The van der Waals surface area contributed by atoms with Crippen LogP contribution in [0.15, 0.2) is 9.40 Å². The number of aliphatic carboxylic acids is 1. The number of carbonyl (C=O) groups excluding carboxylic acids is 1. The zero-order valence-corrected chi connectivity index (χ0v) is 11.2. The van der Waals surface area contributed by atoms with Gasteiger partial charge in [-0.2, -0.15) is 13.2 Å². The van der Waals surface area contributed by atoms with E-state index in [2.05, 4.69) is 0 Å². The van der Waals surface area contributed by atoms with Crippen molar-refractivity contribution in [2.24, 2.45) is 0 Å². The molecule has 4 nitrogen and oxygen atoms in total. The fourth-order valence-electron chi connectivity index (χ4n) is 0.751. The molecule has 18 heavy (non-hydrogen) atoms. The first-order chi connectivity index (χ1) is 8.05. The van der Waals surface area contributed by atoms with E-state index in [-0.39, 0.29) is 5.75 Å². The Morgan fingerprint density at radius 3 is 2.22 bits per heavy atom. The molecule has 0 saturated carbocycles. The fourth-order valence-corrected chi connectivity index (χ4v) is 1.99. The van der Waals surface area contributed by atoms with Crippen molar-refractivity contribution in [3.63, 3.8) is 0 Å². The lowest BCUT2D eigenvalue weighted by Crippen LogP contribution is -2.41. The van der Waals surface area contributed by atoms with Gasteiger partial charge in [0.1, 0.15) is 11.1 Å². The number of carbonyl (C=O) groups is 2. The Bertz CT molecular complexity index is 373. The van der Waals surface area contributed by atoms with E-state index in [1.165, 1.54) is 0 Å². The average Bonchev–Trinajstić information content (AvgIpc) is 2.20. The van der Waals surface area contributed by atoms with E-state index < -0.39 is 33.5 Å². The van der Waals surface area contributed by atoms with E-state index >= 15 is 0 Å². The summed E-state index contributed by atoms with van der Waals surface area (Å²) in [6, 6.07) is -1.35. The third-order valence-electron chi connectivity index (χ3n) is 1.47. The normalized spacial score (nSPS) is 14.8. The van der Waals surface area contributed by atoms with Crippen molar-refractivity contribution >= 4 is 46.8 Å². The third-order valence-corrected chi connectivity index (χ3v) is 3.56. The summed E-state index contributed by atoms with van der Waals surface area (Å²) in [4.78, 5) is 21.3. The summed E-state index contributed by atoms with van der Waals surface area (Å²) in [6.07, 6.45) is -4.79. The SMILES string of the molecule is CC(=O)N[C@@H](CSC(Cl)=C(Cl)C(F)(F)F)C(=O)O. The molecule has 0 fully saturated rings. The highest BCUT2D eigenvalue weighted by molar-refractivity contribution is 8.04. The summed E-state index contributed by atoms with van der Waals surface area (Å²) in [5, 5.41) is 9.21. The molecule has 2 N–H and O–H groups in total. The maximum absolute atomic E-state index is 12.1. The molecule has 0 heterocycles. The maximum atomic E-state index is 12.1. The van der Waals surface area contributed by atoms with Gasteiger partial charge in [-0.05, 0) is 0 Å². The number of carboxylic acids is 1. The number of halogens is 5. The minimum Gasteiger partial charge on any atom is -0.480 e. The summed E-state index contributed by atoms with van der Waals surface area (Å²) in [5.74, 6) is -2.38. The largest absolute Gasteiger partial charge is 0.480 e. The molecule has 0 bridgehead atoms. The van der Waals surface area contributed by atoms with Gasteiger partial charge in [-0.3, -0.25) is 4.79 Å². The monoisotopic (exact) mass is 325 g/mol. The quantitative estimate of drug-likeness (QED) is 0.815. The second-order valence-electron chi connectivity index (χ2n) is 2.99. The topological polar surface area (TPSA) is 66.4 Å². The molecule has 0 aromatic carbocycles. The first-order valence-corrected chi connectivity index (χ1v) is 6.05. The number of nitrogens with one attached hydrogen (secondary N) is 1. The van der Waals surface area contributed by atoms with Gasteiger partial charge in [0, 0.05) is 12.7 Å². The Kier molecular flexibility index (Phi) is 6.87. The van der Waals surface area contributed by atoms with Gasteiger partial charge < -0.3 is 10.4 Å². The second-order valence-corrected chi connectivity index (χ2v) is 5.00. The van der Waals surface area contributed by atoms with E-state index in [1.54, 1.807) is 0 Å². The third kappa shape index (κ3) is 6.36. The number of alkyl halides is 3. The Morgan fingerprint density at radius 1 is 1.39 bits per heavy atom. The maximum Gasteiger partial charge on any atom is 0.428 e. The molecule has 1 atom stereocenters. The van der Waals surface area contributed by atoms with Crippen LogP contribution in [0.25, 0.3) is 0 Å². The molecular weight excluding hydrogens is 318 g/mol. The van der Waals surface area contributed by atoms with Crippen LogP contribution in [0.1, 0.15) is 6.92 Å². The van der Waals surface area contributed by atoms with Crippen LogP contribution in [-0.2, 0) is 9.59 Å². The Morgan fingerprint density at radius 2 is 1.89 bits per heavy atom. The summed E-state index contributed by atoms with van der Waals surface area (Å²) < 4.78 is 35.6. The van der Waals surface area contributed by atoms with Crippen molar-refractivity contribution in [2.75, 3.05) is 5.75 Å². The van der Waals surface area contributed by atoms with Crippen LogP contribution in [0.2, 0.25) is 0 Å². The minimum absolute atomic E-state index is 0.375. The zero-order chi connectivity index (χ0) is 14.5. The number of hydrogen-bond acceptors (Lipinski definition) is 3. The number of amides is 1. The fraction of sp³-hybridized carbons (Fsp3) is 0.500. The smallest absolute Gasteiger partial charge is 0.428 e. The minimum atomic E-state index is -4.79. The zero-order valence-electron chi connectivity index (χ0n) is 8.85. The average molecular weight is 326 g/mol. The van der Waals surface area contributed by atoms with Gasteiger partial charge in [-0.25, -0.2) is 4.79 Å². The van der Waals surface area contributed by atoms with Crippen LogP contribution in [0.3, 0.4) is 0 Å². The van der Waals surface area contributed by atoms with E-state index in [9.17, 15) is 22.8 Å². The van der Waals surface area contributed by atoms with Gasteiger partial charge in [0.05, 0.1) is 4.36 Å². The van der Waals surface area contributed by atoms with Gasteiger partial charge >= 0.3 is 12.1 Å². The predicted molar refractivity (Wildman–Crippen MR) is 62.5 cm³/mol. The molecule has 1 amide bonds. The first kappa shape index (κ1) is 17.4. The number of thioether (sulfide) groups is 1. The lowest BCUT2D eigenvalue weighted by Gasteiger charge is -2.13. The van der Waals surface area contributed by atoms with Crippen LogP contribution < -0.4 is 5.32 Å². The molecule has 0 rings (SSSR count). The molecule has 0 aliphatic rings. The molecule has 10 heteroatoms. The lowest BCUT2D eigenvalue weighted by atomic mass is 10.3. The molecule has 0 unspecified atom stereocenters. The lowest BCUT2D eigenvalue weighted by molar-refractivity contribution is -0.140. The summed E-state index contributed by atoms with van der Waals surface area (Å²) >= 11 is 10.6. The molecule has 0 spiro atoms. The van der Waals surface area contributed by atoms with Crippen molar-refractivity contribution in [3.8, 4) is 0 Å². The van der Waals surface area contributed by atoms with Crippen LogP contribution in [0, 0.1) is 0 Å². The highest BCUT2D eigenvalue weighted by Crippen LogP contribution is 2.37. The predicted octanol–water partition coefficient (Wildman–Crippen LogP) is 2.52. The summed E-state index contributed by atoms with van der Waals surface area (Å²) in [7, 11) is 0. The number of hydrogen-bond donors (Lipinski definition) is 2. The van der Waals surface area contributed by atoms with E-state index in [0.29, 0.717) is 11.8 Å². The summed E-state index contributed by atoms with van der Waals surface area (Å²) in [5.41, 5.74) is 0. The van der Waals surface area contributed by atoms with Gasteiger partial charge in [-0.15, -0.1) is 11.8 Å². The molecule has 0 saturated heterocycles. The van der Waals surface area contributed by atoms with Crippen molar-refractivity contribution < 1.29 is 27.9 Å². The number of carboxylic acid groups (broad SMARTS) is 1. The number of allylic oxidation sites excluding steroid dienone is 1. The van der Waals surface area contributed by atoms with Crippen LogP contribution in [0.4, 0.5) is 13.2 Å². The van der Waals surface area contributed by atoms with Gasteiger partial charge in [0.15, 0.2) is 0 Å².